The molecule has 0 fully saturated rings. The van der Waals surface area contributed by atoms with Crippen molar-refractivity contribution in [2.45, 2.75) is 25.8 Å². The van der Waals surface area contributed by atoms with Gasteiger partial charge in [0.1, 0.15) is 0 Å². The Morgan fingerprint density at radius 2 is 1.91 bits per heavy atom. The molecule has 0 aliphatic heterocycles. The summed E-state index contributed by atoms with van der Waals surface area (Å²) in [6.07, 6.45) is 2.03. The van der Waals surface area contributed by atoms with Crippen molar-refractivity contribution >= 4 is 17.3 Å². The van der Waals surface area contributed by atoms with Gasteiger partial charge in [0.05, 0.1) is 11.4 Å². The summed E-state index contributed by atoms with van der Waals surface area (Å²) in [6, 6.07) is 16.1. The Morgan fingerprint density at radius 3 is 2.55 bits per heavy atom. The van der Waals surface area contributed by atoms with E-state index in [1.54, 1.807) is 19.2 Å². The molecule has 0 heterocycles. The molecule has 0 saturated carbocycles. The molecule has 0 spiro atoms. The zero-order valence-electron chi connectivity index (χ0n) is 13.1. The molecule has 0 unspecified atom stereocenters. The first kappa shape index (κ1) is 15.9. The molecule has 22 heavy (non-hydrogen) atoms. The van der Waals surface area contributed by atoms with Gasteiger partial charge in [0.2, 0.25) is 0 Å². The summed E-state index contributed by atoms with van der Waals surface area (Å²) >= 11 is 0. The maximum absolute atomic E-state index is 11.6. The van der Waals surface area contributed by atoms with Crippen LogP contribution in [0.3, 0.4) is 0 Å². The molecule has 0 aromatic heterocycles. The monoisotopic (exact) mass is 297 g/mol. The highest BCUT2D eigenvalue weighted by Crippen LogP contribution is 2.21. The first-order chi connectivity index (χ1) is 10.6. The van der Waals surface area contributed by atoms with Crippen LogP contribution in [-0.4, -0.2) is 19.0 Å². The van der Waals surface area contributed by atoms with Crippen molar-refractivity contribution in [3.63, 3.8) is 0 Å². The minimum Gasteiger partial charge on any atom is -0.397 e. The molecule has 4 N–H and O–H groups in total. The van der Waals surface area contributed by atoms with Gasteiger partial charge in [-0.1, -0.05) is 30.3 Å². The van der Waals surface area contributed by atoms with Crippen LogP contribution in [0.25, 0.3) is 0 Å². The maximum atomic E-state index is 11.6. The van der Waals surface area contributed by atoms with Crippen LogP contribution in [0.4, 0.5) is 11.4 Å². The van der Waals surface area contributed by atoms with Crippen molar-refractivity contribution in [3.05, 3.63) is 59.7 Å². The average molecular weight is 297 g/mol. The molecule has 4 heteroatoms. The molecule has 2 aromatic carbocycles. The normalized spacial score (nSPS) is 11.7. The summed E-state index contributed by atoms with van der Waals surface area (Å²) in [6.45, 7) is 2.13. The fraction of sp³-hybridized carbons (Fsp3) is 0.278. The summed E-state index contributed by atoms with van der Waals surface area (Å²) in [5, 5.41) is 6.00. The quantitative estimate of drug-likeness (QED) is 0.718. The number of anilines is 2. The van der Waals surface area contributed by atoms with Gasteiger partial charge in [-0.2, -0.15) is 0 Å². The number of rotatable bonds is 6. The molecule has 0 aliphatic carbocycles. The van der Waals surface area contributed by atoms with Crippen LogP contribution in [0, 0.1) is 0 Å². The maximum Gasteiger partial charge on any atom is 0.251 e. The molecular formula is C18H23N3O. The predicted octanol–water partition coefficient (Wildman–Crippen LogP) is 3.06. The number of benzene rings is 2. The fourth-order valence-electron chi connectivity index (χ4n) is 2.35. The van der Waals surface area contributed by atoms with Gasteiger partial charge in [-0.3, -0.25) is 4.79 Å². The van der Waals surface area contributed by atoms with E-state index in [2.05, 4.69) is 41.8 Å². The third-order valence-corrected chi connectivity index (χ3v) is 3.65. The van der Waals surface area contributed by atoms with Gasteiger partial charge < -0.3 is 16.4 Å². The molecule has 0 aliphatic rings. The lowest BCUT2D eigenvalue weighted by Crippen LogP contribution is -2.19. The van der Waals surface area contributed by atoms with Crippen molar-refractivity contribution in [3.8, 4) is 0 Å². The Balaban J connectivity index is 1.94. The molecule has 116 valence electrons. The third kappa shape index (κ3) is 4.25. The lowest BCUT2D eigenvalue weighted by atomic mass is 10.1. The van der Waals surface area contributed by atoms with Gasteiger partial charge in [-0.05, 0) is 43.5 Å². The summed E-state index contributed by atoms with van der Waals surface area (Å²) in [5.41, 5.74) is 9.39. The first-order valence-electron chi connectivity index (χ1n) is 7.52. The van der Waals surface area contributed by atoms with E-state index in [1.165, 1.54) is 5.56 Å². The molecule has 2 rings (SSSR count). The number of nitrogens with two attached hydrogens (primary N) is 1. The van der Waals surface area contributed by atoms with Crippen LogP contribution < -0.4 is 16.4 Å². The van der Waals surface area contributed by atoms with E-state index in [1.807, 2.05) is 12.1 Å². The fourth-order valence-corrected chi connectivity index (χ4v) is 2.35. The molecule has 0 saturated heterocycles. The number of hydrogen-bond acceptors (Lipinski definition) is 3. The van der Waals surface area contributed by atoms with Crippen molar-refractivity contribution in [2.24, 2.45) is 0 Å². The topological polar surface area (TPSA) is 67.2 Å². The van der Waals surface area contributed by atoms with E-state index in [9.17, 15) is 4.79 Å². The van der Waals surface area contributed by atoms with Crippen LogP contribution in [-0.2, 0) is 6.42 Å². The van der Waals surface area contributed by atoms with Crippen LogP contribution >= 0.6 is 0 Å². The number of amides is 1. The SMILES string of the molecule is CNC(=O)c1ccc(N[C@H](C)CCc2ccccc2)c(N)c1. The molecule has 1 atom stereocenters. The number of nitrogens with one attached hydrogen (secondary N) is 2. The van der Waals surface area contributed by atoms with Gasteiger partial charge in [-0.25, -0.2) is 0 Å². The lowest BCUT2D eigenvalue weighted by molar-refractivity contribution is 0.0963. The van der Waals surface area contributed by atoms with Gasteiger partial charge in [0, 0.05) is 18.7 Å². The number of nitrogen functional groups attached to an aromatic ring is 1. The molecule has 2 aromatic rings. The zero-order chi connectivity index (χ0) is 15.9. The van der Waals surface area contributed by atoms with Crippen molar-refractivity contribution in [1.82, 2.24) is 5.32 Å². The van der Waals surface area contributed by atoms with Gasteiger partial charge >= 0.3 is 0 Å². The van der Waals surface area contributed by atoms with Crippen LogP contribution in [0.15, 0.2) is 48.5 Å². The Hall–Kier alpha value is -2.49. The minimum absolute atomic E-state index is 0.129. The van der Waals surface area contributed by atoms with Crippen LogP contribution in [0.2, 0.25) is 0 Å². The minimum atomic E-state index is -0.129. The average Bonchev–Trinajstić information content (AvgIpc) is 2.55. The number of carbonyl (C=O) groups excluding carboxylic acids is 1. The molecule has 0 radical (unpaired) electrons. The Kier molecular flexibility index (Phi) is 5.42. The number of carbonyl (C=O) groups is 1. The molecular weight excluding hydrogens is 274 g/mol. The van der Waals surface area contributed by atoms with Crippen molar-refractivity contribution < 1.29 is 4.79 Å². The van der Waals surface area contributed by atoms with Gasteiger partial charge in [-0.15, -0.1) is 0 Å². The smallest absolute Gasteiger partial charge is 0.251 e. The van der Waals surface area contributed by atoms with E-state index < -0.39 is 0 Å². The largest absolute Gasteiger partial charge is 0.397 e. The van der Waals surface area contributed by atoms with E-state index in [-0.39, 0.29) is 5.91 Å². The van der Waals surface area contributed by atoms with Gasteiger partial charge in [0.25, 0.3) is 5.91 Å². The van der Waals surface area contributed by atoms with E-state index >= 15 is 0 Å². The van der Waals surface area contributed by atoms with E-state index in [0.717, 1.165) is 18.5 Å². The standard InChI is InChI=1S/C18H23N3O/c1-13(8-9-14-6-4-3-5-7-14)21-17-11-10-15(12-16(17)19)18(22)20-2/h3-7,10-13,21H,8-9,19H2,1-2H3,(H,20,22)/t13-/m1/s1. The van der Waals surface area contributed by atoms with Crippen LogP contribution in [0.1, 0.15) is 29.3 Å². The second-order valence-corrected chi connectivity index (χ2v) is 5.45. The summed E-state index contributed by atoms with van der Waals surface area (Å²) < 4.78 is 0. The van der Waals surface area contributed by atoms with Crippen molar-refractivity contribution in [1.29, 1.82) is 0 Å². The Bertz CT molecular complexity index is 625. The first-order valence-corrected chi connectivity index (χ1v) is 7.52. The van der Waals surface area contributed by atoms with Gasteiger partial charge in [0.15, 0.2) is 0 Å². The highest BCUT2D eigenvalue weighted by Gasteiger charge is 2.09. The Labute approximate surface area is 131 Å². The third-order valence-electron chi connectivity index (χ3n) is 3.65. The summed E-state index contributed by atoms with van der Waals surface area (Å²) in [4.78, 5) is 11.6. The Morgan fingerprint density at radius 1 is 1.18 bits per heavy atom. The predicted molar refractivity (Wildman–Crippen MR) is 92.1 cm³/mol. The lowest BCUT2D eigenvalue weighted by Gasteiger charge is -2.17. The van der Waals surface area contributed by atoms with E-state index in [0.29, 0.717) is 17.3 Å². The summed E-state index contributed by atoms with van der Waals surface area (Å²) in [7, 11) is 1.61. The van der Waals surface area contributed by atoms with Crippen LogP contribution in [0.5, 0.6) is 0 Å². The van der Waals surface area contributed by atoms with Crippen molar-refractivity contribution in [2.75, 3.05) is 18.1 Å². The summed E-state index contributed by atoms with van der Waals surface area (Å²) in [5.74, 6) is -0.129. The molecule has 0 bridgehead atoms. The number of hydrogen-bond donors (Lipinski definition) is 3. The zero-order valence-corrected chi connectivity index (χ0v) is 13.1. The molecule has 4 nitrogen and oxygen atoms in total. The second-order valence-electron chi connectivity index (χ2n) is 5.45. The molecule has 1 amide bonds. The number of aryl methyl sites for hydroxylation is 1. The highest BCUT2D eigenvalue weighted by molar-refractivity contribution is 5.95. The highest BCUT2D eigenvalue weighted by atomic mass is 16.1. The van der Waals surface area contributed by atoms with E-state index in [4.69, 9.17) is 5.73 Å². The second kappa shape index (κ2) is 7.50.